The molecule has 5 aromatic heterocycles. The van der Waals surface area contributed by atoms with Crippen LogP contribution in [-0.2, 0) is 13.1 Å². The average molecular weight is 987 g/mol. The standard InChI is InChI=1S/C27H31N7O.C26H27N7OS2/c1-2-11-29-24-17-21(10-12-30-24)26-31-22-4-3-5-23(25(22)33-26)32-27(35)20-8-6-19(7-9-20)18-34-15-13-28-14-16-34;1-15(9-27-3)25-29-16(2)23(36-25)24(34)30-21-7-5-4-6-20(21)22-13-33-19(14-35-26(33)31-22)12-32-11-17-8-18(32)10-28-17/h3-10,12,17,28H,2,11,13-16,18H2,1H3,(H,29,30)(H,31,33)(H,32,35);4-7,9,13-14,17-18,28H,3,8,10-12H2,1-2H3,(H,30,34)/b;15-9+. The molecule has 2 atom stereocenters. The summed E-state index contributed by atoms with van der Waals surface area (Å²) in [5.41, 5.74) is 10.4. The Bertz CT molecular complexity index is 3220. The smallest absolute Gasteiger partial charge is 0.267 e. The monoisotopic (exact) mass is 986 g/mol. The number of likely N-dealkylation sites (tertiary alicyclic amines) is 1. The number of amides is 2. The fourth-order valence-corrected chi connectivity index (χ4v) is 11.2. The van der Waals surface area contributed by atoms with Gasteiger partial charge < -0.3 is 31.6 Å². The number of fused-ring (bicyclic) bond motifs is 4. The van der Waals surface area contributed by atoms with Crippen LogP contribution in [-0.4, -0.2) is 116 Å². The van der Waals surface area contributed by atoms with Gasteiger partial charge in [0.2, 0.25) is 0 Å². The van der Waals surface area contributed by atoms with Gasteiger partial charge in [-0.05, 0) is 81.4 Å². The van der Waals surface area contributed by atoms with Crippen molar-refractivity contribution in [1.82, 2.24) is 49.8 Å². The fourth-order valence-electron chi connectivity index (χ4n) is 9.37. The van der Waals surface area contributed by atoms with Crippen LogP contribution in [0.3, 0.4) is 0 Å². The lowest BCUT2D eigenvalue weighted by molar-refractivity contribution is 0.102. The largest absolute Gasteiger partial charge is 0.370 e. The lowest BCUT2D eigenvalue weighted by Gasteiger charge is -2.27. The summed E-state index contributed by atoms with van der Waals surface area (Å²) in [6, 6.07) is 26.6. The van der Waals surface area contributed by atoms with Gasteiger partial charge in [0, 0.05) is 123 Å². The number of aromatic amines is 1. The lowest BCUT2D eigenvalue weighted by Crippen LogP contribution is -2.43. The van der Waals surface area contributed by atoms with Crippen LogP contribution in [0, 0.1) is 6.92 Å². The molecule has 3 fully saturated rings. The summed E-state index contributed by atoms with van der Waals surface area (Å²) in [4.78, 5) is 58.5. The van der Waals surface area contributed by atoms with Gasteiger partial charge in [0.15, 0.2) is 4.96 Å². The number of nitrogens with one attached hydrogen (secondary N) is 6. The maximum Gasteiger partial charge on any atom is 0.267 e. The minimum atomic E-state index is -0.178. The van der Waals surface area contributed by atoms with Gasteiger partial charge in [0.1, 0.15) is 27.0 Å². The minimum Gasteiger partial charge on any atom is -0.370 e. The summed E-state index contributed by atoms with van der Waals surface area (Å²) >= 11 is 3.02. The second-order valence-corrected chi connectivity index (χ2v) is 20.0. The number of H-pyrrole nitrogens is 1. The number of pyridine rings is 1. The molecule has 18 heteroatoms. The summed E-state index contributed by atoms with van der Waals surface area (Å²) in [7, 11) is 0. The highest BCUT2D eigenvalue weighted by molar-refractivity contribution is 7.15. The SMILES string of the molecule is C=N/C=C(\C)c1nc(C)c(C(=O)Nc2ccccc2-c2cn3c(CN4CC5CC4CN5)csc3n2)s1.CCCNc1cc(-c2nc3c(NC(=O)c4ccc(CN5CCNCC5)cc4)cccc3[nH]2)ccn1. The van der Waals surface area contributed by atoms with Gasteiger partial charge in [-0.1, -0.05) is 43.3 Å². The molecular weight excluding hydrogens is 929 g/mol. The maximum atomic E-state index is 13.2. The number of nitrogens with zero attached hydrogens (tertiary/aromatic N) is 8. The number of aliphatic imine (C=N–C) groups is 1. The topological polar surface area (TPSA) is 185 Å². The lowest BCUT2D eigenvalue weighted by atomic mass is 10.1. The van der Waals surface area contributed by atoms with Gasteiger partial charge >= 0.3 is 0 Å². The summed E-state index contributed by atoms with van der Waals surface area (Å²) in [5, 5.41) is 19.4. The number of thiazole rings is 2. The minimum absolute atomic E-state index is 0.147. The number of hydrogen-bond acceptors (Lipinski definition) is 14. The highest BCUT2D eigenvalue weighted by atomic mass is 32.1. The number of allylic oxidation sites excluding steroid dienone is 1. The Kier molecular flexibility index (Phi) is 14.5. The molecule has 0 spiro atoms. The molecule has 0 saturated carbocycles. The summed E-state index contributed by atoms with van der Waals surface area (Å²) < 4.78 is 2.19. The molecule has 2 amide bonds. The average Bonchev–Trinajstić information content (AvgIpc) is 4.27. The predicted octanol–water partition coefficient (Wildman–Crippen LogP) is 8.79. The quantitative estimate of drug-likeness (QED) is 0.0540. The van der Waals surface area contributed by atoms with Crippen molar-refractivity contribution < 1.29 is 9.59 Å². The van der Waals surface area contributed by atoms with E-state index in [4.69, 9.17) is 9.97 Å². The summed E-state index contributed by atoms with van der Waals surface area (Å²) in [6.45, 7) is 18.4. The molecule has 0 radical (unpaired) electrons. The van der Waals surface area contributed by atoms with Gasteiger partial charge in [0.05, 0.1) is 28.3 Å². The Morgan fingerprint density at radius 3 is 2.56 bits per heavy atom. The molecule has 3 aromatic carbocycles. The van der Waals surface area contributed by atoms with E-state index in [0.717, 1.165) is 126 Å². The van der Waals surface area contributed by atoms with Crippen LogP contribution < -0.4 is 26.6 Å². The van der Waals surface area contributed by atoms with Gasteiger partial charge in [-0.15, -0.1) is 22.7 Å². The zero-order valence-corrected chi connectivity index (χ0v) is 41.8. The van der Waals surface area contributed by atoms with Gasteiger partial charge in [-0.3, -0.25) is 28.8 Å². The zero-order valence-electron chi connectivity index (χ0n) is 40.2. The molecule has 16 nitrogen and oxygen atoms in total. The Balaban J connectivity index is 0.000000164. The number of benzene rings is 3. The van der Waals surface area contributed by atoms with E-state index in [9.17, 15) is 9.59 Å². The number of aromatic nitrogens is 6. The van der Waals surface area contributed by atoms with E-state index >= 15 is 0 Å². The van der Waals surface area contributed by atoms with E-state index in [1.807, 2.05) is 92.7 Å². The molecule has 2 bridgehead atoms. The number of carbonyl (C=O) groups excluding carboxylic acids is 2. The van der Waals surface area contributed by atoms with E-state index in [0.29, 0.717) is 33.9 Å². The normalized spacial score (nSPS) is 17.1. The van der Waals surface area contributed by atoms with Crippen LogP contribution in [0.25, 0.3) is 44.2 Å². The van der Waals surface area contributed by atoms with Crippen molar-refractivity contribution >= 4 is 80.0 Å². The summed E-state index contributed by atoms with van der Waals surface area (Å²) in [6.07, 6.45) is 7.79. The van der Waals surface area contributed by atoms with Crippen molar-refractivity contribution in [3.63, 3.8) is 0 Å². The Morgan fingerprint density at radius 1 is 0.958 bits per heavy atom. The van der Waals surface area contributed by atoms with Crippen LogP contribution in [0.15, 0.2) is 108 Å². The highest BCUT2D eigenvalue weighted by Gasteiger charge is 2.37. The molecule has 3 aliphatic rings. The van der Waals surface area contributed by atoms with Crippen molar-refractivity contribution in [2.24, 2.45) is 4.99 Å². The molecule has 364 valence electrons. The molecule has 0 aliphatic carbocycles. The second-order valence-electron chi connectivity index (χ2n) is 18.2. The fraction of sp³-hybridized carbons (Fsp3) is 0.302. The number of anilines is 3. The number of piperazine rings is 2. The van der Waals surface area contributed by atoms with Crippen molar-refractivity contribution in [1.29, 1.82) is 0 Å². The molecule has 2 unspecified atom stereocenters. The third-order valence-electron chi connectivity index (χ3n) is 13.1. The number of para-hydroxylation sites is 2. The number of aryl methyl sites for hydroxylation is 1. The van der Waals surface area contributed by atoms with Crippen LogP contribution in [0.5, 0.6) is 0 Å². The van der Waals surface area contributed by atoms with Crippen molar-refractivity contribution in [2.45, 2.75) is 58.8 Å². The van der Waals surface area contributed by atoms with Crippen molar-refractivity contribution in [2.75, 3.05) is 61.8 Å². The number of imidazole rings is 2. The third-order valence-corrected chi connectivity index (χ3v) is 15.3. The third kappa shape index (κ3) is 10.9. The molecule has 3 aliphatic heterocycles. The first-order valence-electron chi connectivity index (χ1n) is 24.2. The first kappa shape index (κ1) is 47.7. The van der Waals surface area contributed by atoms with Crippen LogP contribution in [0.4, 0.5) is 17.2 Å². The van der Waals surface area contributed by atoms with E-state index in [1.165, 1.54) is 29.0 Å². The van der Waals surface area contributed by atoms with Crippen LogP contribution in [0.1, 0.15) is 68.7 Å². The highest BCUT2D eigenvalue weighted by Crippen LogP contribution is 2.33. The summed E-state index contributed by atoms with van der Waals surface area (Å²) in [5.74, 6) is 1.23. The van der Waals surface area contributed by atoms with Gasteiger partial charge in [-0.25, -0.2) is 19.9 Å². The van der Waals surface area contributed by atoms with E-state index in [2.05, 4.69) is 85.9 Å². The maximum absolute atomic E-state index is 13.2. The number of hydrogen-bond donors (Lipinski definition) is 6. The van der Waals surface area contributed by atoms with Crippen molar-refractivity contribution in [3.8, 4) is 22.6 Å². The Labute approximate surface area is 420 Å². The van der Waals surface area contributed by atoms with Crippen LogP contribution >= 0.6 is 22.7 Å². The molecular formula is C53H58N14O2S2. The molecule has 8 aromatic rings. The molecule has 6 N–H and O–H groups in total. The van der Waals surface area contributed by atoms with Gasteiger partial charge in [0.25, 0.3) is 11.8 Å². The number of rotatable bonds is 15. The van der Waals surface area contributed by atoms with E-state index in [-0.39, 0.29) is 11.8 Å². The molecule has 11 rings (SSSR count). The molecule has 8 heterocycles. The first-order chi connectivity index (χ1) is 34.7. The first-order valence-corrected chi connectivity index (χ1v) is 25.9. The Hall–Kier alpha value is -6.93. The van der Waals surface area contributed by atoms with E-state index in [1.54, 1.807) is 23.7 Å². The van der Waals surface area contributed by atoms with Crippen LogP contribution in [0.2, 0.25) is 0 Å². The second kappa shape index (κ2) is 21.6. The van der Waals surface area contributed by atoms with Crippen molar-refractivity contribution in [3.05, 3.63) is 135 Å². The Morgan fingerprint density at radius 2 is 1.77 bits per heavy atom. The molecule has 3 saturated heterocycles. The molecule has 71 heavy (non-hydrogen) atoms. The predicted molar refractivity (Wildman–Crippen MR) is 288 cm³/mol. The number of carbonyl (C=O) groups is 2. The van der Waals surface area contributed by atoms with Gasteiger partial charge in [-0.2, -0.15) is 0 Å². The zero-order chi connectivity index (χ0) is 48.8. The van der Waals surface area contributed by atoms with E-state index < -0.39 is 0 Å².